The number of aliphatic carboxylic acids is 1. The summed E-state index contributed by atoms with van der Waals surface area (Å²) in [5, 5.41) is 8.51. The van der Waals surface area contributed by atoms with E-state index >= 15 is 0 Å². The van der Waals surface area contributed by atoms with Crippen molar-refractivity contribution in [2.75, 3.05) is 13.1 Å². The zero-order chi connectivity index (χ0) is 14.2. The van der Waals surface area contributed by atoms with Crippen LogP contribution in [0.15, 0.2) is 12.2 Å². The number of unbranched alkanes of at least 4 members (excludes halogenated alkanes) is 1. The molecular formula is C13H23NO4. The molecule has 0 unspecified atom stereocenters. The number of hydrogen-bond acceptors (Lipinski definition) is 3. The van der Waals surface area contributed by atoms with Crippen molar-refractivity contribution in [3.8, 4) is 0 Å². The summed E-state index contributed by atoms with van der Waals surface area (Å²) >= 11 is 0. The number of rotatable bonds is 6. The highest BCUT2D eigenvalue weighted by atomic mass is 16.6. The number of carboxylic acids is 1. The van der Waals surface area contributed by atoms with Gasteiger partial charge in [-0.3, -0.25) is 0 Å². The van der Waals surface area contributed by atoms with E-state index < -0.39 is 17.7 Å². The molecule has 0 saturated heterocycles. The molecule has 5 heteroatoms. The minimum Gasteiger partial charge on any atom is -0.478 e. The third-order valence-corrected chi connectivity index (χ3v) is 2.02. The maximum absolute atomic E-state index is 11.9. The van der Waals surface area contributed by atoms with Gasteiger partial charge in [-0.1, -0.05) is 19.4 Å². The Hall–Kier alpha value is -1.52. The molecule has 0 fully saturated rings. The monoisotopic (exact) mass is 257 g/mol. The van der Waals surface area contributed by atoms with E-state index in [-0.39, 0.29) is 6.54 Å². The van der Waals surface area contributed by atoms with Crippen LogP contribution >= 0.6 is 0 Å². The summed E-state index contributed by atoms with van der Waals surface area (Å²) in [6.07, 6.45) is 3.89. The molecule has 0 rings (SSSR count). The van der Waals surface area contributed by atoms with Crippen LogP contribution in [-0.2, 0) is 9.53 Å². The van der Waals surface area contributed by atoms with Crippen molar-refractivity contribution in [2.24, 2.45) is 0 Å². The molecule has 0 atom stereocenters. The number of ether oxygens (including phenoxy) is 1. The van der Waals surface area contributed by atoms with E-state index in [9.17, 15) is 9.59 Å². The maximum atomic E-state index is 11.9. The van der Waals surface area contributed by atoms with Crippen molar-refractivity contribution in [3.05, 3.63) is 12.2 Å². The van der Waals surface area contributed by atoms with Gasteiger partial charge < -0.3 is 14.7 Å². The minimum absolute atomic E-state index is 0.251. The van der Waals surface area contributed by atoms with E-state index in [0.717, 1.165) is 18.9 Å². The third kappa shape index (κ3) is 8.61. The predicted molar refractivity (Wildman–Crippen MR) is 69.5 cm³/mol. The second-order valence-electron chi connectivity index (χ2n) is 5.02. The number of carboxylic acid groups (broad SMARTS) is 1. The van der Waals surface area contributed by atoms with Crippen molar-refractivity contribution < 1.29 is 19.4 Å². The molecule has 0 aliphatic carbocycles. The average molecular weight is 257 g/mol. The Kier molecular flexibility index (Phi) is 7.08. The van der Waals surface area contributed by atoms with Crippen LogP contribution in [0.3, 0.4) is 0 Å². The van der Waals surface area contributed by atoms with Crippen molar-refractivity contribution >= 4 is 12.1 Å². The van der Waals surface area contributed by atoms with Crippen molar-refractivity contribution in [1.82, 2.24) is 4.90 Å². The molecule has 0 aromatic heterocycles. The lowest BCUT2D eigenvalue weighted by Gasteiger charge is -2.26. The standard InChI is InChI=1S/C13H23NO4/c1-5-6-9-14(10-7-8-11(15)16)12(17)18-13(2,3)4/h7-8H,5-6,9-10H2,1-4H3,(H,15,16)/b8-7+. The van der Waals surface area contributed by atoms with Crippen LogP contribution < -0.4 is 0 Å². The number of carbonyl (C=O) groups is 2. The molecule has 0 aliphatic heterocycles. The fourth-order valence-corrected chi connectivity index (χ4v) is 1.21. The van der Waals surface area contributed by atoms with Crippen LogP contribution in [0.5, 0.6) is 0 Å². The molecule has 1 N–H and O–H groups in total. The fourth-order valence-electron chi connectivity index (χ4n) is 1.21. The van der Waals surface area contributed by atoms with Gasteiger partial charge in [0.15, 0.2) is 0 Å². The number of amides is 1. The lowest BCUT2D eigenvalue weighted by molar-refractivity contribution is -0.131. The maximum Gasteiger partial charge on any atom is 0.410 e. The quantitative estimate of drug-likeness (QED) is 0.743. The summed E-state index contributed by atoms with van der Waals surface area (Å²) in [7, 11) is 0. The summed E-state index contributed by atoms with van der Waals surface area (Å²) in [6, 6.07) is 0. The van der Waals surface area contributed by atoms with Crippen molar-refractivity contribution in [1.29, 1.82) is 0 Å². The molecule has 18 heavy (non-hydrogen) atoms. The molecule has 0 bridgehead atoms. The van der Waals surface area contributed by atoms with Crippen molar-refractivity contribution in [3.63, 3.8) is 0 Å². The van der Waals surface area contributed by atoms with Gasteiger partial charge in [-0.15, -0.1) is 0 Å². The zero-order valence-electron chi connectivity index (χ0n) is 11.6. The lowest BCUT2D eigenvalue weighted by atomic mass is 10.2. The number of carbonyl (C=O) groups excluding carboxylic acids is 1. The van der Waals surface area contributed by atoms with Gasteiger partial charge in [0.1, 0.15) is 5.60 Å². The highest BCUT2D eigenvalue weighted by Gasteiger charge is 2.20. The second-order valence-corrected chi connectivity index (χ2v) is 5.02. The molecule has 5 nitrogen and oxygen atoms in total. The van der Waals surface area contributed by atoms with Crippen LogP contribution in [0.2, 0.25) is 0 Å². The van der Waals surface area contributed by atoms with E-state index in [1.165, 1.54) is 11.0 Å². The highest BCUT2D eigenvalue weighted by molar-refractivity contribution is 5.79. The predicted octanol–water partition coefficient (Wildman–Crippen LogP) is 2.66. The van der Waals surface area contributed by atoms with Gasteiger partial charge in [-0.2, -0.15) is 0 Å². The molecule has 0 saturated carbocycles. The molecule has 0 heterocycles. The fraction of sp³-hybridized carbons (Fsp3) is 0.692. The second kappa shape index (κ2) is 7.74. The van der Waals surface area contributed by atoms with Gasteiger partial charge in [0, 0.05) is 19.2 Å². The number of hydrogen-bond donors (Lipinski definition) is 1. The Morgan fingerprint density at radius 3 is 2.39 bits per heavy atom. The Bertz CT molecular complexity index is 305. The van der Waals surface area contributed by atoms with E-state index in [1.807, 2.05) is 6.92 Å². The van der Waals surface area contributed by atoms with Crippen LogP contribution in [-0.4, -0.2) is 40.8 Å². The van der Waals surface area contributed by atoms with E-state index in [1.54, 1.807) is 20.8 Å². The summed E-state index contributed by atoms with van der Waals surface area (Å²) in [5.41, 5.74) is -0.544. The normalized spacial score (nSPS) is 11.6. The molecule has 0 aromatic carbocycles. The van der Waals surface area contributed by atoms with Crippen LogP contribution in [0.25, 0.3) is 0 Å². The smallest absolute Gasteiger partial charge is 0.410 e. The molecular weight excluding hydrogens is 234 g/mol. The van der Waals surface area contributed by atoms with Crippen molar-refractivity contribution in [2.45, 2.75) is 46.1 Å². The molecule has 0 spiro atoms. The molecule has 1 amide bonds. The summed E-state index contributed by atoms with van der Waals surface area (Å²) in [5.74, 6) is -1.02. The molecule has 0 aromatic rings. The largest absolute Gasteiger partial charge is 0.478 e. The number of nitrogens with zero attached hydrogens (tertiary/aromatic N) is 1. The molecule has 0 radical (unpaired) electrons. The summed E-state index contributed by atoms with van der Waals surface area (Å²) < 4.78 is 5.26. The molecule has 104 valence electrons. The lowest BCUT2D eigenvalue weighted by Crippen LogP contribution is -2.37. The first-order valence-corrected chi connectivity index (χ1v) is 6.13. The van der Waals surface area contributed by atoms with E-state index in [2.05, 4.69) is 0 Å². The van der Waals surface area contributed by atoms with Crippen LogP contribution in [0.1, 0.15) is 40.5 Å². The Morgan fingerprint density at radius 1 is 1.33 bits per heavy atom. The van der Waals surface area contributed by atoms with Crippen LogP contribution in [0.4, 0.5) is 4.79 Å². The van der Waals surface area contributed by atoms with Crippen LogP contribution in [0, 0.1) is 0 Å². The highest BCUT2D eigenvalue weighted by Crippen LogP contribution is 2.10. The Labute approximate surface area is 108 Å². The Balaban J connectivity index is 4.46. The minimum atomic E-state index is -1.02. The van der Waals surface area contributed by atoms with Gasteiger partial charge >= 0.3 is 12.1 Å². The SMILES string of the molecule is CCCCN(C/C=C/C(=O)O)C(=O)OC(C)(C)C. The van der Waals surface area contributed by atoms with Gasteiger partial charge in [-0.05, 0) is 27.2 Å². The van der Waals surface area contributed by atoms with E-state index in [0.29, 0.717) is 6.54 Å². The first-order chi connectivity index (χ1) is 8.26. The first kappa shape index (κ1) is 16.5. The average Bonchev–Trinajstić information content (AvgIpc) is 2.19. The summed E-state index contributed by atoms with van der Waals surface area (Å²) in [4.78, 5) is 23.7. The van der Waals surface area contributed by atoms with E-state index in [4.69, 9.17) is 9.84 Å². The molecule has 0 aliphatic rings. The van der Waals surface area contributed by atoms with Gasteiger partial charge in [0.25, 0.3) is 0 Å². The Morgan fingerprint density at radius 2 is 1.94 bits per heavy atom. The van der Waals surface area contributed by atoms with Gasteiger partial charge in [0.05, 0.1) is 0 Å². The summed E-state index contributed by atoms with van der Waals surface area (Å²) in [6.45, 7) is 8.25. The van der Waals surface area contributed by atoms with Gasteiger partial charge in [-0.25, -0.2) is 9.59 Å². The zero-order valence-corrected chi connectivity index (χ0v) is 11.6. The third-order valence-electron chi connectivity index (χ3n) is 2.02. The first-order valence-electron chi connectivity index (χ1n) is 6.13. The van der Waals surface area contributed by atoms with Gasteiger partial charge in [0.2, 0.25) is 0 Å². The topological polar surface area (TPSA) is 66.8 Å².